The number of hydrogen-bond donors (Lipinski definition) is 1. The number of nitrogens with one attached hydrogen (secondary N) is 1. The Morgan fingerprint density at radius 2 is 2.05 bits per heavy atom. The molecule has 0 radical (unpaired) electrons. The summed E-state index contributed by atoms with van der Waals surface area (Å²) in [5.41, 5.74) is 0. The molecule has 2 aliphatic rings. The molecule has 0 aliphatic carbocycles. The van der Waals surface area contributed by atoms with Crippen molar-refractivity contribution in [3.63, 3.8) is 0 Å². The highest BCUT2D eigenvalue weighted by Gasteiger charge is 2.27. The van der Waals surface area contributed by atoms with E-state index in [9.17, 15) is 18.0 Å². The molecule has 0 saturated carbocycles. The van der Waals surface area contributed by atoms with Crippen LogP contribution in [0.25, 0.3) is 0 Å². The molecule has 2 amide bonds. The zero-order valence-corrected chi connectivity index (χ0v) is 13.0. The van der Waals surface area contributed by atoms with Crippen LogP contribution in [0.5, 0.6) is 0 Å². The number of carbonyl (C=O) groups is 2. The lowest BCUT2D eigenvalue weighted by Gasteiger charge is -2.31. The molecule has 2 heterocycles. The number of rotatable bonds is 4. The molecule has 0 bridgehead atoms. The fraction of sp³-hybridized carbons (Fsp3) is 0.818. The molecule has 9 heteroatoms. The molecule has 2 rings (SSSR count). The molecule has 2 aliphatic heterocycles. The molecule has 0 atom stereocenters. The van der Waals surface area contributed by atoms with E-state index in [1.807, 2.05) is 0 Å². The molecule has 2 fully saturated rings. The van der Waals surface area contributed by atoms with Crippen LogP contribution >= 0.6 is 11.8 Å². The Kier molecular flexibility index (Phi) is 4.92. The van der Waals surface area contributed by atoms with Crippen molar-refractivity contribution in [2.75, 3.05) is 37.5 Å². The average Bonchev–Trinajstić information content (AvgIpc) is 2.74. The maximum Gasteiger partial charge on any atom is 0.239 e. The van der Waals surface area contributed by atoms with Gasteiger partial charge in [0.1, 0.15) is 6.54 Å². The van der Waals surface area contributed by atoms with Gasteiger partial charge in [-0.15, -0.1) is 11.8 Å². The summed E-state index contributed by atoms with van der Waals surface area (Å²) in [6, 6.07) is -0.00846. The molecule has 20 heavy (non-hydrogen) atoms. The van der Waals surface area contributed by atoms with Crippen molar-refractivity contribution in [2.45, 2.75) is 18.9 Å². The Morgan fingerprint density at radius 1 is 1.40 bits per heavy atom. The monoisotopic (exact) mass is 321 g/mol. The third kappa shape index (κ3) is 4.10. The van der Waals surface area contributed by atoms with Gasteiger partial charge in [0, 0.05) is 19.1 Å². The van der Waals surface area contributed by atoms with Crippen LogP contribution in [0.1, 0.15) is 12.8 Å². The van der Waals surface area contributed by atoms with E-state index in [0.717, 1.165) is 0 Å². The molecule has 0 aromatic carbocycles. The van der Waals surface area contributed by atoms with Gasteiger partial charge in [-0.1, -0.05) is 0 Å². The van der Waals surface area contributed by atoms with Crippen molar-refractivity contribution < 1.29 is 18.0 Å². The average molecular weight is 321 g/mol. The van der Waals surface area contributed by atoms with Crippen LogP contribution in [-0.4, -0.2) is 73.0 Å². The van der Waals surface area contributed by atoms with Crippen LogP contribution < -0.4 is 5.32 Å². The maximum absolute atomic E-state index is 11.8. The summed E-state index contributed by atoms with van der Waals surface area (Å²) < 4.78 is 24.2. The fourth-order valence-corrected chi connectivity index (χ4v) is 4.10. The molecular weight excluding hydrogens is 302 g/mol. The van der Waals surface area contributed by atoms with Crippen LogP contribution in [0.3, 0.4) is 0 Å². The van der Waals surface area contributed by atoms with Gasteiger partial charge in [0.2, 0.25) is 21.8 Å². The van der Waals surface area contributed by atoms with Gasteiger partial charge < -0.3 is 10.2 Å². The second-order valence-electron chi connectivity index (χ2n) is 5.07. The number of sulfonamides is 1. The van der Waals surface area contributed by atoms with Crippen molar-refractivity contribution in [1.82, 2.24) is 14.5 Å². The van der Waals surface area contributed by atoms with Gasteiger partial charge in [-0.05, 0) is 12.8 Å². The topological polar surface area (TPSA) is 86.8 Å². The van der Waals surface area contributed by atoms with Crippen molar-refractivity contribution in [2.24, 2.45) is 0 Å². The first-order valence-corrected chi connectivity index (χ1v) is 9.46. The van der Waals surface area contributed by atoms with E-state index in [2.05, 4.69) is 5.32 Å². The lowest BCUT2D eigenvalue weighted by Crippen LogP contribution is -2.48. The van der Waals surface area contributed by atoms with Gasteiger partial charge in [-0.25, -0.2) is 12.7 Å². The predicted molar refractivity (Wildman–Crippen MR) is 76.6 cm³/mol. The van der Waals surface area contributed by atoms with Gasteiger partial charge in [-0.3, -0.25) is 9.59 Å². The Labute approximate surface area is 123 Å². The molecule has 114 valence electrons. The smallest absolute Gasteiger partial charge is 0.239 e. The molecule has 1 N–H and O–H groups in total. The first kappa shape index (κ1) is 15.6. The lowest BCUT2D eigenvalue weighted by atomic mass is 10.1. The number of amides is 2. The van der Waals surface area contributed by atoms with Crippen LogP contribution in [-0.2, 0) is 19.6 Å². The summed E-state index contributed by atoms with van der Waals surface area (Å²) in [5.74, 6) is 0.842. The van der Waals surface area contributed by atoms with E-state index in [0.29, 0.717) is 37.6 Å². The van der Waals surface area contributed by atoms with E-state index in [1.165, 1.54) is 27.2 Å². The number of nitrogens with zero attached hydrogens (tertiary/aromatic N) is 2. The second kappa shape index (κ2) is 6.31. The molecule has 0 unspecified atom stereocenters. The summed E-state index contributed by atoms with van der Waals surface area (Å²) in [4.78, 5) is 24.8. The van der Waals surface area contributed by atoms with Gasteiger partial charge in [0.15, 0.2) is 0 Å². The Balaban J connectivity index is 1.75. The third-order valence-electron chi connectivity index (χ3n) is 3.45. The highest BCUT2D eigenvalue weighted by Crippen LogP contribution is 2.15. The van der Waals surface area contributed by atoms with Crippen molar-refractivity contribution >= 4 is 33.6 Å². The van der Waals surface area contributed by atoms with E-state index < -0.39 is 10.0 Å². The van der Waals surface area contributed by atoms with Gasteiger partial charge in [0.05, 0.1) is 17.9 Å². The van der Waals surface area contributed by atoms with Crippen molar-refractivity contribution in [3.8, 4) is 0 Å². The van der Waals surface area contributed by atoms with E-state index >= 15 is 0 Å². The standard InChI is InChI=1S/C11H19N3O4S2/c1-20(17,18)14-4-2-9(3-5-14)12-10(15)6-13-8-19-7-11(13)16/h9H,2-8H2,1H3,(H,12,15). The predicted octanol–water partition coefficient (Wildman–Crippen LogP) is -0.940. The molecule has 0 aromatic rings. The third-order valence-corrected chi connectivity index (χ3v) is 5.70. The zero-order chi connectivity index (χ0) is 14.8. The number of piperidine rings is 1. The Bertz CT molecular complexity index is 486. The Hall–Kier alpha value is -0.800. The number of carbonyl (C=O) groups excluding carboxylic acids is 2. The molecule has 7 nitrogen and oxygen atoms in total. The van der Waals surface area contributed by atoms with Gasteiger partial charge >= 0.3 is 0 Å². The minimum Gasteiger partial charge on any atom is -0.352 e. The largest absolute Gasteiger partial charge is 0.352 e. The van der Waals surface area contributed by atoms with E-state index in [1.54, 1.807) is 0 Å². The lowest BCUT2D eigenvalue weighted by molar-refractivity contribution is -0.132. The summed E-state index contributed by atoms with van der Waals surface area (Å²) >= 11 is 1.50. The highest BCUT2D eigenvalue weighted by atomic mass is 32.2. The molecule has 0 spiro atoms. The highest BCUT2D eigenvalue weighted by molar-refractivity contribution is 8.00. The summed E-state index contributed by atoms with van der Waals surface area (Å²) in [6.45, 7) is 0.961. The minimum atomic E-state index is -3.14. The van der Waals surface area contributed by atoms with Crippen LogP contribution in [0.4, 0.5) is 0 Å². The van der Waals surface area contributed by atoms with E-state index in [-0.39, 0.29) is 24.4 Å². The van der Waals surface area contributed by atoms with Crippen LogP contribution in [0.15, 0.2) is 0 Å². The number of thioether (sulfide) groups is 1. The molecule has 2 saturated heterocycles. The van der Waals surface area contributed by atoms with Gasteiger partial charge in [-0.2, -0.15) is 0 Å². The summed E-state index contributed by atoms with van der Waals surface area (Å²) in [5, 5.41) is 2.87. The summed E-state index contributed by atoms with van der Waals surface area (Å²) in [7, 11) is -3.14. The number of hydrogen-bond acceptors (Lipinski definition) is 5. The van der Waals surface area contributed by atoms with Crippen LogP contribution in [0, 0.1) is 0 Å². The first-order chi connectivity index (χ1) is 9.36. The fourth-order valence-electron chi connectivity index (χ4n) is 2.32. The maximum atomic E-state index is 11.8. The first-order valence-electron chi connectivity index (χ1n) is 6.46. The van der Waals surface area contributed by atoms with Crippen LogP contribution in [0.2, 0.25) is 0 Å². The Morgan fingerprint density at radius 3 is 2.55 bits per heavy atom. The molecular formula is C11H19N3O4S2. The normalized spacial score (nSPS) is 22.2. The van der Waals surface area contributed by atoms with Crippen molar-refractivity contribution in [1.29, 1.82) is 0 Å². The van der Waals surface area contributed by atoms with E-state index in [4.69, 9.17) is 0 Å². The van der Waals surface area contributed by atoms with Crippen molar-refractivity contribution in [3.05, 3.63) is 0 Å². The quantitative estimate of drug-likeness (QED) is 0.722. The SMILES string of the molecule is CS(=O)(=O)N1CCC(NC(=O)CN2CSCC2=O)CC1. The minimum absolute atomic E-state index is 0.00274. The summed E-state index contributed by atoms with van der Waals surface area (Å²) in [6.07, 6.45) is 2.42. The molecule has 0 aromatic heterocycles. The second-order valence-corrected chi connectivity index (χ2v) is 8.01. The van der Waals surface area contributed by atoms with Gasteiger partial charge in [0.25, 0.3) is 0 Å². The zero-order valence-electron chi connectivity index (χ0n) is 11.4.